The Morgan fingerprint density at radius 2 is 2.00 bits per heavy atom. The molecule has 0 aromatic carbocycles. The van der Waals surface area contributed by atoms with Gasteiger partial charge in [0.25, 0.3) is 6.01 Å². The van der Waals surface area contributed by atoms with Crippen molar-refractivity contribution in [3.8, 4) is 12.0 Å². The molecule has 8 heteroatoms. The Bertz CT molecular complexity index is 712. The largest absolute Gasteiger partial charge is 0.468 e. The van der Waals surface area contributed by atoms with Crippen LogP contribution in [0.3, 0.4) is 0 Å². The molecule has 3 heterocycles. The predicted octanol–water partition coefficient (Wildman–Crippen LogP) is 2.80. The second-order valence-corrected chi connectivity index (χ2v) is 6.71. The number of aryl methyl sites for hydroxylation is 1. The van der Waals surface area contributed by atoms with E-state index < -0.39 is 0 Å². The Kier molecular flexibility index (Phi) is 6.49. The highest BCUT2D eigenvalue weighted by Crippen LogP contribution is 2.27. The average molecular weight is 363 g/mol. The van der Waals surface area contributed by atoms with E-state index in [9.17, 15) is 0 Å². The van der Waals surface area contributed by atoms with Crippen LogP contribution in [0.5, 0.6) is 12.0 Å². The van der Waals surface area contributed by atoms with Gasteiger partial charge < -0.3 is 19.9 Å². The third-order valence-electron chi connectivity index (χ3n) is 4.81. The van der Waals surface area contributed by atoms with Crippen LogP contribution in [-0.2, 0) is 11.3 Å². The number of hydrogen-bond donors (Lipinski definition) is 1. The lowest BCUT2D eigenvalue weighted by molar-refractivity contribution is 0.0629. The highest BCUT2D eigenvalue weighted by atomic mass is 16.5. The highest BCUT2D eigenvalue weighted by Gasteiger charge is 2.19. The van der Waals surface area contributed by atoms with E-state index in [-0.39, 0.29) is 0 Å². The van der Waals surface area contributed by atoms with E-state index in [0.717, 1.165) is 64.2 Å². The van der Waals surface area contributed by atoms with Crippen molar-refractivity contribution in [2.75, 3.05) is 32.7 Å². The zero-order chi connectivity index (χ0) is 18.4. The van der Waals surface area contributed by atoms with Gasteiger partial charge in [-0.25, -0.2) is 0 Å². The molecule has 0 unspecified atom stereocenters. The molecular weight excluding hydrogens is 334 g/mol. The smallest absolute Gasteiger partial charge is 0.320 e. The monoisotopic (exact) mass is 363 g/mol. The molecule has 8 nitrogen and oxygen atoms in total. The van der Waals surface area contributed by atoms with Crippen molar-refractivity contribution in [2.45, 2.75) is 52.0 Å². The molecular formula is C18H29N5O3. The molecule has 0 bridgehead atoms. The van der Waals surface area contributed by atoms with Gasteiger partial charge >= 0.3 is 6.01 Å². The number of fused-ring (bicyclic) bond motifs is 1. The van der Waals surface area contributed by atoms with E-state index in [2.05, 4.69) is 21.9 Å². The summed E-state index contributed by atoms with van der Waals surface area (Å²) in [5.74, 6) is 1.06. The third kappa shape index (κ3) is 4.35. The van der Waals surface area contributed by atoms with Crippen molar-refractivity contribution in [3.63, 3.8) is 0 Å². The number of ether oxygens (including phenoxy) is 3. The molecule has 2 aromatic heterocycles. The second-order valence-electron chi connectivity index (χ2n) is 6.71. The molecule has 144 valence electrons. The van der Waals surface area contributed by atoms with Gasteiger partial charge in [-0.1, -0.05) is 13.3 Å². The molecule has 2 aromatic rings. The number of hydrogen-bond acceptors (Lipinski definition) is 7. The molecule has 0 saturated carbocycles. The van der Waals surface area contributed by atoms with Gasteiger partial charge in [0.2, 0.25) is 0 Å². The molecule has 1 saturated heterocycles. The predicted molar refractivity (Wildman–Crippen MR) is 99.5 cm³/mol. The molecule has 1 aliphatic rings. The molecule has 2 N–H and O–H groups in total. The molecule has 0 amide bonds. The Morgan fingerprint density at radius 3 is 2.73 bits per heavy atom. The van der Waals surface area contributed by atoms with Gasteiger partial charge in [-0.05, 0) is 38.0 Å². The first-order chi connectivity index (χ1) is 12.7. The fourth-order valence-electron chi connectivity index (χ4n) is 3.28. The van der Waals surface area contributed by atoms with Crippen molar-refractivity contribution in [1.29, 1.82) is 0 Å². The molecule has 26 heavy (non-hydrogen) atoms. The van der Waals surface area contributed by atoms with Crippen molar-refractivity contribution < 1.29 is 14.2 Å². The van der Waals surface area contributed by atoms with E-state index in [4.69, 9.17) is 19.9 Å². The first-order valence-corrected chi connectivity index (χ1v) is 9.51. The quantitative estimate of drug-likeness (QED) is 0.684. The van der Waals surface area contributed by atoms with E-state index in [1.54, 1.807) is 7.11 Å². The van der Waals surface area contributed by atoms with E-state index in [1.165, 1.54) is 0 Å². The van der Waals surface area contributed by atoms with E-state index in [1.807, 2.05) is 4.57 Å². The Hall–Kier alpha value is -2.09. The summed E-state index contributed by atoms with van der Waals surface area (Å²) in [4.78, 5) is 13.2. The average Bonchev–Trinajstić information content (AvgIpc) is 3.01. The number of unbranched alkanes of at least 4 members (excludes halogenated alkanes) is 1. The zero-order valence-electron chi connectivity index (χ0n) is 15.7. The maximum Gasteiger partial charge on any atom is 0.320 e. The van der Waals surface area contributed by atoms with Crippen molar-refractivity contribution >= 4 is 17.0 Å². The summed E-state index contributed by atoms with van der Waals surface area (Å²) in [7, 11) is 1.61. The van der Waals surface area contributed by atoms with Gasteiger partial charge in [0.05, 0.1) is 13.7 Å². The van der Waals surface area contributed by atoms with Crippen LogP contribution >= 0.6 is 0 Å². The van der Waals surface area contributed by atoms with Crippen LogP contribution in [-0.4, -0.2) is 46.4 Å². The number of nitrogens with two attached hydrogens (primary N) is 1. The molecule has 0 spiro atoms. The summed E-state index contributed by atoms with van der Waals surface area (Å²) in [6.45, 7) is 5.23. The fourth-order valence-corrected chi connectivity index (χ4v) is 3.28. The van der Waals surface area contributed by atoms with Crippen LogP contribution in [0.4, 0.5) is 5.82 Å². The fraction of sp³-hybridized carbons (Fsp3) is 0.722. The van der Waals surface area contributed by atoms with Crippen LogP contribution in [0.15, 0.2) is 0 Å². The van der Waals surface area contributed by atoms with Gasteiger partial charge in [-0.2, -0.15) is 15.0 Å². The maximum atomic E-state index is 6.07. The molecule has 0 aliphatic carbocycles. The Balaban J connectivity index is 1.75. The van der Waals surface area contributed by atoms with Gasteiger partial charge in [0.1, 0.15) is 0 Å². The van der Waals surface area contributed by atoms with Crippen molar-refractivity contribution in [2.24, 2.45) is 5.92 Å². The summed E-state index contributed by atoms with van der Waals surface area (Å²) in [6, 6.07) is 0.815. The second kappa shape index (κ2) is 9.02. The van der Waals surface area contributed by atoms with Crippen LogP contribution in [0.2, 0.25) is 0 Å². The number of methoxy groups -OCH3 is 1. The normalized spacial score (nSPS) is 15.5. The molecule has 0 atom stereocenters. The molecule has 1 fully saturated rings. The number of anilines is 1. The van der Waals surface area contributed by atoms with Crippen LogP contribution in [0, 0.1) is 5.92 Å². The summed E-state index contributed by atoms with van der Waals surface area (Å²) in [6.07, 6.45) is 6.48. The number of nitrogen functional groups attached to an aromatic ring is 1. The molecule has 3 rings (SSSR count). The lowest BCUT2D eigenvalue weighted by Crippen LogP contribution is -2.16. The Labute approximate surface area is 154 Å². The summed E-state index contributed by atoms with van der Waals surface area (Å²) in [5, 5.41) is 0. The minimum atomic E-state index is 0.302. The number of nitrogens with zero attached hydrogens (tertiary/aromatic N) is 4. The zero-order valence-corrected chi connectivity index (χ0v) is 15.7. The summed E-state index contributed by atoms with van der Waals surface area (Å²) >= 11 is 0. The van der Waals surface area contributed by atoms with E-state index >= 15 is 0 Å². The number of aromatic nitrogens is 4. The first kappa shape index (κ1) is 18.7. The standard InChI is InChI=1S/C18H29N5O3/c1-3-4-10-26-17-21-15(19)14-16(22-17)23(18(20-14)24-2)9-5-6-13-7-11-25-12-8-13/h13H,3-12H2,1-2H3,(H2,19,21,22). The lowest BCUT2D eigenvalue weighted by atomic mass is 9.95. The minimum Gasteiger partial charge on any atom is -0.468 e. The Morgan fingerprint density at radius 1 is 1.19 bits per heavy atom. The van der Waals surface area contributed by atoms with Crippen LogP contribution in [0.1, 0.15) is 45.4 Å². The molecule has 0 radical (unpaired) electrons. The van der Waals surface area contributed by atoms with E-state index in [0.29, 0.717) is 35.6 Å². The number of rotatable bonds is 9. The SMILES string of the molecule is CCCCOc1nc(N)c2nc(OC)n(CCCC3CCOCC3)c2n1. The highest BCUT2D eigenvalue weighted by molar-refractivity contribution is 5.83. The summed E-state index contributed by atoms with van der Waals surface area (Å²) < 4.78 is 18.5. The lowest BCUT2D eigenvalue weighted by Gasteiger charge is -2.21. The third-order valence-corrected chi connectivity index (χ3v) is 4.81. The molecule has 1 aliphatic heterocycles. The first-order valence-electron chi connectivity index (χ1n) is 9.51. The maximum absolute atomic E-state index is 6.07. The van der Waals surface area contributed by atoms with Gasteiger partial charge in [0.15, 0.2) is 17.0 Å². The summed E-state index contributed by atoms with van der Waals surface area (Å²) in [5.41, 5.74) is 7.31. The topological polar surface area (TPSA) is 97.3 Å². The minimum absolute atomic E-state index is 0.302. The number of imidazole rings is 1. The van der Waals surface area contributed by atoms with Gasteiger partial charge in [-0.3, -0.25) is 4.57 Å². The van der Waals surface area contributed by atoms with Gasteiger partial charge in [-0.15, -0.1) is 0 Å². The van der Waals surface area contributed by atoms with Crippen molar-refractivity contribution in [3.05, 3.63) is 0 Å². The van der Waals surface area contributed by atoms with Crippen LogP contribution in [0.25, 0.3) is 11.2 Å². The van der Waals surface area contributed by atoms with Crippen molar-refractivity contribution in [1.82, 2.24) is 19.5 Å². The van der Waals surface area contributed by atoms with Crippen LogP contribution < -0.4 is 15.2 Å². The van der Waals surface area contributed by atoms with Gasteiger partial charge in [0, 0.05) is 19.8 Å².